The number of methoxy groups -OCH3 is 1. The van der Waals surface area contributed by atoms with Crippen molar-refractivity contribution in [1.29, 1.82) is 0 Å². The highest BCUT2D eigenvalue weighted by molar-refractivity contribution is 6.30. The summed E-state index contributed by atoms with van der Waals surface area (Å²) in [6.45, 7) is 1.87. The lowest BCUT2D eigenvalue weighted by Crippen LogP contribution is -2.47. The molecule has 2 aromatic carbocycles. The van der Waals surface area contributed by atoms with Gasteiger partial charge < -0.3 is 19.3 Å². The number of halogens is 1. The van der Waals surface area contributed by atoms with Crippen molar-refractivity contribution in [1.82, 2.24) is 15.5 Å². The minimum atomic E-state index is -0.150. The van der Waals surface area contributed by atoms with E-state index in [0.29, 0.717) is 24.9 Å². The van der Waals surface area contributed by atoms with Crippen LogP contribution in [0.4, 0.5) is 0 Å². The summed E-state index contributed by atoms with van der Waals surface area (Å²) in [5, 5.41) is 8.42. The van der Waals surface area contributed by atoms with Gasteiger partial charge in [-0.25, -0.2) is 0 Å². The average Bonchev–Trinajstić information content (AvgIpc) is 3.39. The van der Waals surface area contributed by atoms with Crippen LogP contribution in [0.2, 0.25) is 5.02 Å². The Balaban J connectivity index is 1.43. The number of rotatable bonds is 7. The summed E-state index contributed by atoms with van der Waals surface area (Å²) in [7, 11) is 1.64. The lowest BCUT2D eigenvalue weighted by molar-refractivity contribution is 0.163. The Morgan fingerprint density at radius 3 is 2.61 bits per heavy atom. The van der Waals surface area contributed by atoms with E-state index in [2.05, 4.69) is 27.6 Å². The summed E-state index contributed by atoms with van der Waals surface area (Å²) in [5.41, 5.74) is 1.95. The third-order valence-corrected chi connectivity index (χ3v) is 5.24. The summed E-state index contributed by atoms with van der Waals surface area (Å²) in [6.07, 6.45) is 1.78. The lowest BCUT2D eigenvalue weighted by Gasteiger charge is -2.28. The van der Waals surface area contributed by atoms with Crippen molar-refractivity contribution in [3.63, 3.8) is 0 Å². The van der Waals surface area contributed by atoms with Crippen molar-refractivity contribution in [2.24, 2.45) is 0 Å². The number of nitrogens with zero attached hydrogens (tertiary/aromatic N) is 2. The zero-order valence-corrected chi connectivity index (χ0v) is 16.4. The average molecular weight is 400 g/mol. The zero-order valence-electron chi connectivity index (χ0n) is 15.7. The van der Waals surface area contributed by atoms with Gasteiger partial charge in [-0.2, -0.15) is 4.98 Å². The van der Waals surface area contributed by atoms with E-state index in [0.717, 1.165) is 35.8 Å². The molecule has 1 N–H and O–H groups in total. The summed E-state index contributed by atoms with van der Waals surface area (Å²) >= 11 is 6.00. The molecule has 1 unspecified atom stereocenters. The van der Waals surface area contributed by atoms with Crippen LogP contribution in [-0.4, -0.2) is 36.0 Å². The SMILES string of the molecule is COc1ccc(-c2noc(CNC3(Cc4ccc(Cl)cc4)CCOC3)n2)cc1. The molecular formula is C21H22ClN3O3. The third-order valence-electron chi connectivity index (χ3n) is 4.99. The van der Waals surface area contributed by atoms with Gasteiger partial charge in [0.1, 0.15) is 5.75 Å². The van der Waals surface area contributed by atoms with Gasteiger partial charge in [0.2, 0.25) is 11.7 Å². The Bertz CT molecular complexity index is 903. The highest BCUT2D eigenvalue weighted by Gasteiger charge is 2.35. The molecule has 4 rings (SSSR count). The topological polar surface area (TPSA) is 69.4 Å². The molecule has 6 nitrogen and oxygen atoms in total. The van der Waals surface area contributed by atoms with Crippen molar-refractivity contribution in [2.45, 2.75) is 24.9 Å². The number of nitrogens with one attached hydrogen (secondary N) is 1. The predicted octanol–water partition coefficient (Wildman–Crippen LogP) is 3.89. The largest absolute Gasteiger partial charge is 0.497 e. The first-order valence-corrected chi connectivity index (χ1v) is 9.58. The van der Waals surface area contributed by atoms with Crippen molar-refractivity contribution in [2.75, 3.05) is 20.3 Å². The molecule has 2 heterocycles. The van der Waals surface area contributed by atoms with Gasteiger partial charge in [0.25, 0.3) is 0 Å². The summed E-state index contributed by atoms with van der Waals surface area (Å²) < 4.78 is 16.3. The van der Waals surface area contributed by atoms with Gasteiger partial charge in [0.15, 0.2) is 0 Å². The smallest absolute Gasteiger partial charge is 0.240 e. The highest BCUT2D eigenvalue weighted by Crippen LogP contribution is 2.25. The summed E-state index contributed by atoms with van der Waals surface area (Å²) in [5.74, 6) is 1.90. The standard InChI is InChI=1S/C21H22ClN3O3/c1-26-18-8-4-16(5-9-18)20-24-19(28-25-20)13-23-21(10-11-27-14-21)12-15-2-6-17(22)7-3-15/h2-9,23H,10-14H2,1H3. The fourth-order valence-corrected chi connectivity index (χ4v) is 3.51. The van der Waals surface area contributed by atoms with E-state index in [1.165, 1.54) is 5.56 Å². The van der Waals surface area contributed by atoms with Crippen LogP contribution in [-0.2, 0) is 17.7 Å². The van der Waals surface area contributed by atoms with E-state index >= 15 is 0 Å². The van der Waals surface area contributed by atoms with Crippen molar-refractivity contribution < 1.29 is 14.0 Å². The van der Waals surface area contributed by atoms with Gasteiger partial charge in [0, 0.05) is 22.7 Å². The minimum absolute atomic E-state index is 0.150. The van der Waals surface area contributed by atoms with E-state index in [1.807, 2.05) is 36.4 Å². The first-order valence-electron chi connectivity index (χ1n) is 9.20. The molecule has 0 amide bonds. The molecule has 0 aliphatic carbocycles. The maximum Gasteiger partial charge on any atom is 0.240 e. The lowest BCUT2D eigenvalue weighted by atomic mass is 9.90. The molecule has 1 saturated heterocycles. The maximum absolute atomic E-state index is 6.00. The van der Waals surface area contributed by atoms with Gasteiger partial charge in [-0.1, -0.05) is 28.9 Å². The molecule has 0 spiro atoms. The molecule has 0 radical (unpaired) electrons. The van der Waals surface area contributed by atoms with E-state index in [9.17, 15) is 0 Å². The number of hydrogen-bond acceptors (Lipinski definition) is 6. The zero-order chi connectivity index (χ0) is 19.4. The van der Waals surface area contributed by atoms with Crippen molar-refractivity contribution >= 4 is 11.6 Å². The predicted molar refractivity (Wildman–Crippen MR) is 106 cm³/mol. The van der Waals surface area contributed by atoms with Crippen LogP contribution in [0.1, 0.15) is 17.9 Å². The first kappa shape index (κ1) is 18.9. The van der Waals surface area contributed by atoms with Gasteiger partial charge in [-0.15, -0.1) is 0 Å². The van der Waals surface area contributed by atoms with Crippen LogP contribution in [0.5, 0.6) is 5.75 Å². The molecule has 1 aliphatic heterocycles. The fourth-order valence-electron chi connectivity index (χ4n) is 3.39. The fraction of sp³-hybridized carbons (Fsp3) is 0.333. The Morgan fingerprint density at radius 2 is 1.93 bits per heavy atom. The number of hydrogen-bond donors (Lipinski definition) is 1. The maximum atomic E-state index is 6.00. The van der Waals surface area contributed by atoms with E-state index in [-0.39, 0.29) is 5.54 Å². The second kappa shape index (κ2) is 8.31. The summed E-state index contributed by atoms with van der Waals surface area (Å²) in [6, 6.07) is 15.5. The second-order valence-corrected chi connectivity index (χ2v) is 7.42. The molecular weight excluding hydrogens is 378 g/mol. The van der Waals surface area contributed by atoms with Crippen molar-refractivity contribution in [3.8, 4) is 17.1 Å². The van der Waals surface area contributed by atoms with Gasteiger partial charge in [0.05, 0.1) is 20.3 Å². The van der Waals surface area contributed by atoms with Crippen LogP contribution >= 0.6 is 11.6 Å². The highest BCUT2D eigenvalue weighted by atomic mass is 35.5. The molecule has 1 atom stereocenters. The number of aromatic nitrogens is 2. The minimum Gasteiger partial charge on any atom is -0.497 e. The molecule has 0 bridgehead atoms. The third kappa shape index (κ3) is 4.35. The van der Waals surface area contributed by atoms with Gasteiger partial charge in [-0.05, 0) is 54.8 Å². The Hall–Kier alpha value is -2.41. The number of ether oxygens (including phenoxy) is 2. The van der Waals surface area contributed by atoms with Gasteiger partial charge >= 0.3 is 0 Å². The van der Waals surface area contributed by atoms with E-state index < -0.39 is 0 Å². The quantitative estimate of drug-likeness (QED) is 0.650. The molecule has 3 aromatic rings. The van der Waals surface area contributed by atoms with Crippen molar-refractivity contribution in [3.05, 3.63) is 65.0 Å². The molecule has 28 heavy (non-hydrogen) atoms. The van der Waals surface area contributed by atoms with Crippen LogP contribution < -0.4 is 10.1 Å². The molecule has 1 aliphatic rings. The van der Waals surface area contributed by atoms with Gasteiger partial charge in [-0.3, -0.25) is 0 Å². The van der Waals surface area contributed by atoms with Crippen LogP contribution in [0, 0.1) is 0 Å². The molecule has 0 saturated carbocycles. The monoisotopic (exact) mass is 399 g/mol. The van der Waals surface area contributed by atoms with Crippen LogP contribution in [0.3, 0.4) is 0 Å². The first-order chi connectivity index (χ1) is 13.7. The molecule has 1 aromatic heterocycles. The Kier molecular flexibility index (Phi) is 5.62. The van der Waals surface area contributed by atoms with Crippen LogP contribution in [0.15, 0.2) is 53.1 Å². The Labute approximate surface area is 168 Å². The van der Waals surface area contributed by atoms with Crippen LogP contribution in [0.25, 0.3) is 11.4 Å². The number of benzene rings is 2. The Morgan fingerprint density at radius 1 is 1.14 bits per heavy atom. The second-order valence-electron chi connectivity index (χ2n) is 6.98. The van der Waals surface area contributed by atoms with E-state index in [4.69, 9.17) is 25.6 Å². The van der Waals surface area contributed by atoms with E-state index in [1.54, 1.807) is 7.11 Å². The summed E-state index contributed by atoms with van der Waals surface area (Å²) in [4.78, 5) is 4.51. The molecule has 146 valence electrons. The normalized spacial score (nSPS) is 19.1. The molecule has 1 fully saturated rings. The molecule has 7 heteroatoms.